The van der Waals surface area contributed by atoms with Crippen LogP contribution in [0.15, 0.2) is 18.2 Å². The van der Waals surface area contributed by atoms with E-state index >= 15 is 0 Å². The number of ether oxygens (including phenoxy) is 1. The van der Waals surface area contributed by atoms with Crippen LogP contribution in [0.1, 0.15) is 13.3 Å². The van der Waals surface area contributed by atoms with Crippen LogP contribution in [0, 0.1) is 5.92 Å². The van der Waals surface area contributed by atoms with Gasteiger partial charge in [-0.1, -0.05) is 6.07 Å². The summed E-state index contributed by atoms with van der Waals surface area (Å²) in [6.07, 6.45) is 1.15. The highest BCUT2D eigenvalue weighted by Gasteiger charge is 2.28. The Hall–Kier alpha value is -1.29. The lowest BCUT2D eigenvalue weighted by atomic mass is 10.1. The molecule has 1 saturated heterocycles. The van der Waals surface area contributed by atoms with Crippen LogP contribution in [0.25, 0.3) is 0 Å². The Bertz CT molecular complexity index is 356. The molecule has 2 atom stereocenters. The summed E-state index contributed by atoms with van der Waals surface area (Å²) in [6, 6.07) is 6.37. The van der Waals surface area contributed by atoms with E-state index in [1.165, 1.54) is 0 Å². The zero-order valence-corrected chi connectivity index (χ0v) is 9.89. The largest absolute Gasteiger partial charge is 0.481 e. The first-order chi connectivity index (χ1) is 7.74. The Labute approximate surface area is 96.4 Å². The van der Waals surface area contributed by atoms with Gasteiger partial charge in [0.05, 0.1) is 7.11 Å². The number of hydrogen-bond acceptors (Lipinski definition) is 4. The predicted octanol–water partition coefficient (Wildman–Crippen LogP) is 1.26. The minimum Gasteiger partial charge on any atom is -0.481 e. The van der Waals surface area contributed by atoms with Crippen LogP contribution < -0.4 is 15.4 Å². The molecule has 1 aromatic rings. The summed E-state index contributed by atoms with van der Waals surface area (Å²) in [5.41, 5.74) is 5.72. The van der Waals surface area contributed by atoms with Crippen molar-refractivity contribution >= 4 is 5.82 Å². The maximum atomic E-state index is 5.72. The number of aromatic nitrogens is 1. The molecule has 0 spiro atoms. The minimum atomic E-state index is 0.508. The first kappa shape index (κ1) is 11.2. The third-order valence-electron chi connectivity index (χ3n) is 3.21. The topological polar surface area (TPSA) is 51.4 Å². The van der Waals surface area contributed by atoms with E-state index in [-0.39, 0.29) is 0 Å². The third kappa shape index (κ3) is 2.11. The lowest BCUT2D eigenvalue weighted by Crippen LogP contribution is -2.28. The molecule has 1 fully saturated rings. The molecule has 1 aromatic heterocycles. The van der Waals surface area contributed by atoms with Gasteiger partial charge in [0.25, 0.3) is 0 Å². The number of methoxy groups -OCH3 is 1. The van der Waals surface area contributed by atoms with Crippen molar-refractivity contribution in [1.29, 1.82) is 0 Å². The number of nitrogens with two attached hydrogens (primary N) is 1. The van der Waals surface area contributed by atoms with Gasteiger partial charge < -0.3 is 15.4 Å². The second kappa shape index (κ2) is 4.70. The summed E-state index contributed by atoms with van der Waals surface area (Å²) in [5, 5.41) is 0. The molecule has 0 aromatic carbocycles. The van der Waals surface area contributed by atoms with Gasteiger partial charge in [-0.3, -0.25) is 0 Å². The molecule has 0 radical (unpaired) electrons. The molecule has 0 aliphatic carbocycles. The van der Waals surface area contributed by atoms with E-state index in [1.54, 1.807) is 7.11 Å². The summed E-state index contributed by atoms with van der Waals surface area (Å²) >= 11 is 0. The Morgan fingerprint density at radius 2 is 2.38 bits per heavy atom. The first-order valence-corrected chi connectivity index (χ1v) is 5.72. The Morgan fingerprint density at radius 1 is 1.56 bits per heavy atom. The summed E-state index contributed by atoms with van der Waals surface area (Å²) < 4.78 is 5.14. The van der Waals surface area contributed by atoms with Crippen LogP contribution in [0.5, 0.6) is 5.88 Å². The molecule has 0 bridgehead atoms. The Morgan fingerprint density at radius 3 is 3.00 bits per heavy atom. The second-order valence-corrected chi connectivity index (χ2v) is 4.38. The van der Waals surface area contributed by atoms with E-state index in [0.717, 1.165) is 25.3 Å². The average Bonchev–Trinajstić information content (AvgIpc) is 2.71. The van der Waals surface area contributed by atoms with Crippen molar-refractivity contribution in [2.75, 3.05) is 25.1 Å². The number of nitrogens with zero attached hydrogens (tertiary/aromatic N) is 2. The number of anilines is 1. The highest BCUT2D eigenvalue weighted by atomic mass is 16.5. The molecule has 0 saturated carbocycles. The summed E-state index contributed by atoms with van der Waals surface area (Å²) in [7, 11) is 1.64. The molecule has 2 N–H and O–H groups in total. The van der Waals surface area contributed by atoms with E-state index in [2.05, 4.69) is 16.8 Å². The van der Waals surface area contributed by atoms with Crippen molar-refractivity contribution in [2.24, 2.45) is 11.7 Å². The maximum absolute atomic E-state index is 5.72. The molecule has 1 aliphatic rings. The second-order valence-electron chi connectivity index (χ2n) is 4.38. The monoisotopic (exact) mass is 221 g/mol. The first-order valence-electron chi connectivity index (χ1n) is 5.72. The molecule has 0 amide bonds. The minimum absolute atomic E-state index is 0.508. The fourth-order valence-electron chi connectivity index (χ4n) is 2.31. The number of rotatable bonds is 3. The average molecular weight is 221 g/mol. The van der Waals surface area contributed by atoms with Gasteiger partial charge in [-0.2, -0.15) is 4.98 Å². The van der Waals surface area contributed by atoms with Crippen molar-refractivity contribution in [3.63, 3.8) is 0 Å². The smallest absolute Gasteiger partial charge is 0.214 e. The predicted molar refractivity (Wildman–Crippen MR) is 64.8 cm³/mol. The lowest BCUT2D eigenvalue weighted by Gasteiger charge is -2.22. The van der Waals surface area contributed by atoms with Gasteiger partial charge in [-0.15, -0.1) is 0 Å². The zero-order valence-electron chi connectivity index (χ0n) is 9.89. The van der Waals surface area contributed by atoms with E-state index in [4.69, 9.17) is 10.5 Å². The van der Waals surface area contributed by atoms with Crippen molar-refractivity contribution in [3.05, 3.63) is 18.2 Å². The van der Waals surface area contributed by atoms with Gasteiger partial charge in [0.15, 0.2) is 0 Å². The summed E-state index contributed by atoms with van der Waals surface area (Å²) in [6.45, 7) is 3.97. The fourth-order valence-corrected chi connectivity index (χ4v) is 2.31. The molecule has 2 unspecified atom stereocenters. The number of hydrogen-bond donors (Lipinski definition) is 1. The SMILES string of the molecule is COc1cccc(N2CC(CN)CC2C)n1. The van der Waals surface area contributed by atoms with Gasteiger partial charge in [0.2, 0.25) is 5.88 Å². The van der Waals surface area contributed by atoms with Gasteiger partial charge in [-0.25, -0.2) is 0 Å². The number of pyridine rings is 1. The van der Waals surface area contributed by atoms with Crippen molar-refractivity contribution in [3.8, 4) is 5.88 Å². The molecule has 2 rings (SSSR count). The van der Waals surface area contributed by atoms with Gasteiger partial charge in [0, 0.05) is 18.7 Å². The Kier molecular flexibility index (Phi) is 3.29. The van der Waals surface area contributed by atoms with Gasteiger partial charge in [-0.05, 0) is 31.9 Å². The van der Waals surface area contributed by atoms with Crippen LogP contribution in [-0.4, -0.2) is 31.2 Å². The quantitative estimate of drug-likeness (QED) is 0.835. The van der Waals surface area contributed by atoms with Crippen LogP contribution >= 0.6 is 0 Å². The van der Waals surface area contributed by atoms with Gasteiger partial charge >= 0.3 is 0 Å². The van der Waals surface area contributed by atoms with Crippen molar-refractivity contribution < 1.29 is 4.74 Å². The van der Waals surface area contributed by atoms with Crippen LogP contribution in [-0.2, 0) is 0 Å². The molecule has 4 heteroatoms. The molecule has 16 heavy (non-hydrogen) atoms. The maximum Gasteiger partial charge on any atom is 0.214 e. The van der Waals surface area contributed by atoms with Gasteiger partial charge in [0.1, 0.15) is 5.82 Å². The highest BCUT2D eigenvalue weighted by Crippen LogP contribution is 2.27. The van der Waals surface area contributed by atoms with Crippen molar-refractivity contribution in [2.45, 2.75) is 19.4 Å². The van der Waals surface area contributed by atoms with E-state index in [0.29, 0.717) is 17.8 Å². The van der Waals surface area contributed by atoms with E-state index < -0.39 is 0 Å². The normalized spacial score (nSPS) is 24.8. The molecule has 88 valence electrons. The molecule has 4 nitrogen and oxygen atoms in total. The molecular formula is C12H19N3O. The van der Waals surface area contributed by atoms with E-state index in [9.17, 15) is 0 Å². The Balaban J connectivity index is 2.17. The van der Waals surface area contributed by atoms with Crippen LogP contribution in [0.2, 0.25) is 0 Å². The molecule has 2 heterocycles. The lowest BCUT2D eigenvalue weighted by molar-refractivity contribution is 0.397. The van der Waals surface area contributed by atoms with E-state index in [1.807, 2.05) is 18.2 Å². The van der Waals surface area contributed by atoms with Crippen LogP contribution in [0.3, 0.4) is 0 Å². The zero-order chi connectivity index (χ0) is 11.5. The highest BCUT2D eigenvalue weighted by molar-refractivity contribution is 5.43. The van der Waals surface area contributed by atoms with Crippen molar-refractivity contribution in [1.82, 2.24) is 4.98 Å². The van der Waals surface area contributed by atoms with Crippen LogP contribution in [0.4, 0.5) is 5.82 Å². The molecule has 1 aliphatic heterocycles. The third-order valence-corrected chi connectivity index (χ3v) is 3.21. The fraction of sp³-hybridized carbons (Fsp3) is 0.583. The summed E-state index contributed by atoms with van der Waals surface area (Å²) in [4.78, 5) is 6.76. The standard InChI is InChI=1S/C12H19N3O/c1-9-6-10(7-13)8-15(9)11-4-3-5-12(14-11)16-2/h3-5,9-10H,6-8,13H2,1-2H3. The summed E-state index contributed by atoms with van der Waals surface area (Å²) in [5.74, 6) is 2.24. The molecular weight excluding hydrogens is 202 g/mol.